The number of anilines is 1. The molecular weight excluding hydrogens is 310 g/mol. The van der Waals surface area contributed by atoms with Gasteiger partial charge in [0.25, 0.3) is 5.91 Å². The maximum atomic E-state index is 12.8. The van der Waals surface area contributed by atoms with Crippen molar-refractivity contribution in [3.63, 3.8) is 0 Å². The molecule has 0 saturated heterocycles. The van der Waals surface area contributed by atoms with Crippen LogP contribution in [0.5, 0.6) is 0 Å². The zero-order valence-corrected chi connectivity index (χ0v) is 12.9. The Morgan fingerprint density at radius 2 is 1.91 bits per heavy atom. The van der Waals surface area contributed by atoms with Gasteiger partial charge in [-0.2, -0.15) is 0 Å². The molecule has 1 aliphatic heterocycles. The number of hydrogen-bond acceptors (Lipinski definition) is 3. The monoisotopic (exact) mass is 323 g/mol. The molecule has 0 bridgehead atoms. The first-order valence-electron chi connectivity index (χ1n) is 7.16. The van der Waals surface area contributed by atoms with Crippen LogP contribution in [0.3, 0.4) is 0 Å². The number of nitrogens with one attached hydrogen (secondary N) is 1. The van der Waals surface area contributed by atoms with Crippen LogP contribution >= 0.6 is 11.3 Å². The standard InChI is InChI=1S/C17H13N3O2S/c21-16-15-14(8-10-23-15)19-9-4-7-13(19)11-20(16)17(22)18-12-5-2-1-3-6-12/h1-10H,11H2,(H,18,22). The normalized spacial score (nSPS) is 13.2. The molecule has 1 N–H and O–H groups in total. The maximum Gasteiger partial charge on any atom is 0.329 e. The lowest BCUT2D eigenvalue weighted by molar-refractivity contribution is 0.0809. The van der Waals surface area contributed by atoms with Gasteiger partial charge in [-0.05, 0) is 35.7 Å². The molecule has 3 heterocycles. The van der Waals surface area contributed by atoms with Crippen molar-refractivity contribution in [1.29, 1.82) is 0 Å². The number of para-hydroxylation sites is 1. The second-order valence-corrected chi connectivity index (χ2v) is 6.11. The van der Waals surface area contributed by atoms with E-state index in [0.29, 0.717) is 10.6 Å². The Kier molecular flexibility index (Phi) is 3.24. The Hall–Kier alpha value is -2.86. The number of amides is 3. The summed E-state index contributed by atoms with van der Waals surface area (Å²) in [6.45, 7) is 0.242. The molecule has 0 aliphatic carbocycles. The van der Waals surface area contributed by atoms with Crippen LogP contribution in [0.2, 0.25) is 0 Å². The van der Waals surface area contributed by atoms with E-state index in [9.17, 15) is 9.59 Å². The molecule has 23 heavy (non-hydrogen) atoms. The number of nitrogens with zero attached hydrogens (tertiary/aromatic N) is 2. The number of carbonyl (C=O) groups excluding carboxylic acids is 2. The number of benzene rings is 1. The number of aromatic nitrogens is 1. The van der Waals surface area contributed by atoms with E-state index in [4.69, 9.17) is 0 Å². The van der Waals surface area contributed by atoms with Crippen molar-refractivity contribution < 1.29 is 9.59 Å². The second-order valence-electron chi connectivity index (χ2n) is 5.19. The molecule has 6 heteroatoms. The van der Waals surface area contributed by atoms with Gasteiger partial charge >= 0.3 is 6.03 Å². The van der Waals surface area contributed by atoms with Crippen molar-refractivity contribution in [3.8, 4) is 5.69 Å². The van der Waals surface area contributed by atoms with Crippen LogP contribution in [0.25, 0.3) is 5.69 Å². The fourth-order valence-electron chi connectivity index (χ4n) is 2.67. The molecule has 5 nitrogen and oxygen atoms in total. The summed E-state index contributed by atoms with van der Waals surface area (Å²) in [5, 5.41) is 4.64. The van der Waals surface area contributed by atoms with Crippen molar-refractivity contribution in [2.24, 2.45) is 0 Å². The molecule has 0 atom stereocenters. The van der Waals surface area contributed by atoms with Crippen LogP contribution in [0.15, 0.2) is 60.1 Å². The number of rotatable bonds is 1. The summed E-state index contributed by atoms with van der Waals surface area (Å²) in [5.74, 6) is -0.271. The van der Waals surface area contributed by atoms with Crippen molar-refractivity contribution in [3.05, 3.63) is 70.7 Å². The Labute approximate surface area is 136 Å². The van der Waals surface area contributed by atoms with E-state index in [1.165, 1.54) is 16.2 Å². The highest BCUT2D eigenvalue weighted by Crippen LogP contribution is 2.29. The molecule has 1 aromatic carbocycles. The maximum absolute atomic E-state index is 12.8. The second kappa shape index (κ2) is 5.40. The first kappa shape index (κ1) is 13.8. The van der Waals surface area contributed by atoms with Gasteiger partial charge in [-0.3, -0.25) is 9.69 Å². The smallest absolute Gasteiger partial charge is 0.317 e. The first-order chi connectivity index (χ1) is 11.2. The Bertz CT molecular complexity index is 882. The lowest BCUT2D eigenvalue weighted by Gasteiger charge is -2.19. The molecule has 0 spiro atoms. The third-order valence-corrected chi connectivity index (χ3v) is 4.66. The molecule has 1 aliphatic rings. The largest absolute Gasteiger partial charge is 0.329 e. The van der Waals surface area contributed by atoms with Gasteiger partial charge in [0.05, 0.1) is 12.2 Å². The lowest BCUT2D eigenvalue weighted by atomic mass is 10.3. The third kappa shape index (κ3) is 2.33. The van der Waals surface area contributed by atoms with Crippen molar-refractivity contribution in [1.82, 2.24) is 9.47 Å². The van der Waals surface area contributed by atoms with E-state index in [2.05, 4.69) is 5.32 Å². The third-order valence-electron chi connectivity index (χ3n) is 3.77. The van der Waals surface area contributed by atoms with E-state index in [-0.39, 0.29) is 12.5 Å². The Balaban J connectivity index is 1.70. The highest BCUT2D eigenvalue weighted by molar-refractivity contribution is 7.12. The number of imide groups is 1. The summed E-state index contributed by atoms with van der Waals surface area (Å²) in [4.78, 5) is 27.2. The van der Waals surface area contributed by atoms with E-state index < -0.39 is 6.03 Å². The molecule has 114 valence electrons. The van der Waals surface area contributed by atoms with Crippen molar-refractivity contribution >= 4 is 29.0 Å². The van der Waals surface area contributed by atoms with Gasteiger partial charge in [0.1, 0.15) is 4.88 Å². The van der Waals surface area contributed by atoms with Gasteiger partial charge in [0.2, 0.25) is 0 Å². The number of thiophene rings is 1. The summed E-state index contributed by atoms with van der Waals surface area (Å²) in [6, 6.07) is 14.4. The van der Waals surface area contributed by atoms with Crippen LogP contribution < -0.4 is 5.32 Å². The molecule has 0 saturated carbocycles. The summed E-state index contributed by atoms with van der Waals surface area (Å²) in [7, 11) is 0. The van der Waals surface area contributed by atoms with Crippen LogP contribution in [-0.4, -0.2) is 21.4 Å². The van der Waals surface area contributed by atoms with Crippen LogP contribution in [0.1, 0.15) is 15.4 Å². The van der Waals surface area contributed by atoms with Gasteiger partial charge in [-0.15, -0.1) is 11.3 Å². The number of urea groups is 1. The highest BCUT2D eigenvalue weighted by atomic mass is 32.1. The first-order valence-corrected chi connectivity index (χ1v) is 8.04. The molecule has 4 rings (SSSR count). The predicted octanol–water partition coefficient (Wildman–Crippen LogP) is 3.73. The molecule has 0 unspecified atom stereocenters. The average Bonchev–Trinajstić information content (AvgIpc) is 3.19. The Morgan fingerprint density at radius 1 is 1.09 bits per heavy atom. The Morgan fingerprint density at radius 3 is 2.74 bits per heavy atom. The van der Waals surface area contributed by atoms with E-state index >= 15 is 0 Å². The molecule has 0 fully saturated rings. The minimum absolute atomic E-state index is 0.242. The quantitative estimate of drug-likeness (QED) is 0.742. The van der Waals surface area contributed by atoms with E-state index in [1.54, 1.807) is 12.1 Å². The highest BCUT2D eigenvalue weighted by Gasteiger charge is 2.30. The van der Waals surface area contributed by atoms with Crippen molar-refractivity contribution in [2.45, 2.75) is 6.54 Å². The molecular formula is C17H13N3O2S. The van der Waals surface area contributed by atoms with Crippen LogP contribution in [0.4, 0.5) is 10.5 Å². The van der Waals surface area contributed by atoms with Gasteiger partial charge in [0.15, 0.2) is 0 Å². The van der Waals surface area contributed by atoms with Gasteiger partial charge in [0, 0.05) is 17.6 Å². The molecule has 0 radical (unpaired) electrons. The summed E-state index contributed by atoms with van der Waals surface area (Å²) < 4.78 is 1.96. The zero-order valence-electron chi connectivity index (χ0n) is 12.1. The topological polar surface area (TPSA) is 54.3 Å². The minimum atomic E-state index is -0.421. The number of hydrogen-bond donors (Lipinski definition) is 1. The molecule has 2 aromatic heterocycles. The number of fused-ring (bicyclic) bond motifs is 3. The SMILES string of the molecule is O=C(Nc1ccccc1)N1Cc2cccn2-c2ccsc2C1=O. The number of carbonyl (C=O) groups is 2. The van der Waals surface area contributed by atoms with E-state index in [1.807, 2.05) is 52.5 Å². The predicted molar refractivity (Wildman–Crippen MR) is 89.0 cm³/mol. The van der Waals surface area contributed by atoms with Gasteiger partial charge in [-0.1, -0.05) is 18.2 Å². The molecule has 3 aromatic rings. The summed E-state index contributed by atoms with van der Waals surface area (Å²) in [5.41, 5.74) is 2.39. The van der Waals surface area contributed by atoms with Gasteiger partial charge < -0.3 is 9.88 Å². The fraction of sp³-hybridized carbons (Fsp3) is 0.0588. The average molecular weight is 323 g/mol. The minimum Gasteiger partial charge on any atom is -0.317 e. The summed E-state index contributed by atoms with van der Waals surface area (Å²) in [6.07, 6.45) is 1.91. The van der Waals surface area contributed by atoms with E-state index in [0.717, 1.165) is 11.4 Å². The lowest BCUT2D eigenvalue weighted by Crippen LogP contribution is -2.38. The zero-order chi connectivity index (χ0) is 15.8. The molecule has 3 amide bonds. The fourth-order valence-corrected chi connectivity index (χ4v) is 3.50. The van der Waals surface area contributed by atoms with Crippen molar-refractivity contribution in [2.75, 3.05) is 5.32 Å². The van der Waals surface area contributed by atoms with Crippen LogP contribution in [-0.2, 0) is 6.54 Å². The van der Waals surface area contributed by atoms with Crippen LogP contribution in [0, 0.1) is 0 Å². The summed E-state index contributed by atoms with van der Waals surface area (Å²) >= 11 is 1.35. The van der Waals surface area contributed by atoms with Gasteiger partial charge in [-0.25, -0.2) is 4.79 Å².